The molecule has 0 atom stereocenters. The van der Waals surface area contributed by atoms with Gasteiger partial charge in [-0.3, -0.25) is 0 Å². The van der Waals surface area contributed by atoms with Crippen molar-refractivity contribution in [2.24, 2.45) is 0 Å². The standard InChI is InChI=1S/C14H16N2S/c1-3-4-12-9-13(17)16-14(15-12)11-7-5-10(2)6-8-11/h5-9H,3-4H2,1-2H3,(H,15,16,17). The number of hydrogen-bond acceptors (Lipinski definition) is 2. The third-order valence-corrected chi connectivity index (χ3v) is 2.85. The van der Waals surface area contributed by atoms with Gasteiger partial charge >= 0.3 is 0 Å². The van der Waals surface area contributed by atoms with Gasteiger partial charge in [0.1, 0.15) is 10.5 Å². The summed E-state index contributed by atoms with van der Waals surface area (Å²) in [6.45, 7) is 4.23. The van der Waals surface area contributed by atoms with Gasteiger partial charge in [-0.05, 0) is 19.4 Å². The summed E-state index contributed by atoms with van der Waals surface area (Å²) in [5.41, 5.74) is 3.49. The third kappa shape index (κ3) is 3.01. The second kappa shape index (κ2) is 5.23. The summed E-state index contributed by atoms with van der Waals surface area (Å²) in [7, 11) is 0. The third-order valence-electron chi connectivity index (χ3n) is 2.64. The van der Waals surface area contributed by atoms with Crippen LogP contribution in [0.1, 0.15) is 24.6 Å². The van der Waals surface area contributed by atoms with Crippen LogP contribution >= 0.6 is 12.2 Å². The summed E-state index contributed by atoms with van der Waals surface area (Å²) >= 11 is 5.20. The van der Waals surface area contributed by atoms with E-state index in [0.29, 0.717) is 4.64 Å². The lowest BCUT2D eigenvalue weighted by molar-refractivity contribution is 0.873. The highest BCUT2D eigenvalue weighted by Gasteiger charge is 2.01. The van der Waals surface area contributed by atoms with Crippen molar-refractivity contribution in [3.05, 3.63) is 46.2 Å². The van der Waals surface area contributed by atoms with Gasteiger partial charge in [-0.15, -0.1) is 0 Å². The zero-order chi connectivity index (χ0) is 12.3. The first-order chi connectivity index (χ1) is 8.19. The molecule has 0 spiro atoms. The fraction of sp³-hybridized carbons (Fsp3) is 0.286. The van der Waals surface area contributed by atoms with Crippen molar-refractivity contribution in [3.63, 3.8) is 0 Å². The molecule has 0 radical (unpaired) electrons. The first kappa shape index (κ1) is 12.0. The molecule has 0 saturated heterocycles. The zero-order valence-corrected chi connectivity index (χ0v) is 11.0. The molecule has 1 aromatic heterocycles. The summed E-state index contributed by atoms with van der Waals surface area (Å²) in [5, 5.41) is 0. The van der Waals surface area contributed by atoms with Crippen molar-refractivity contribution in [1.29, 1.82) is 0 Å². The minimum Gasteiger partial charge on any atom is -0.343 e. The molecule has 1 N–H and O–H groups in total. The Kier molecular flexibility index (Phi) is 3.69. The van der Waals surface area contributed by atoms with E-state index in [0.717, 1.165) is 29.9 Å². The van der Waals surface area contributed by atoms with Crippen LogP contribution in [0, 0.1) is 11.6 Å². The molecule has 0 aliphatic rings. The average molecular weight is 244 g/mol. The quantitative estimate of drug-likeness (QED) is 0.825. The first-order valence-electron chi connectivity index (χ1n) is 5.86. The van der Waals surface area contributed by atoms with Crippen LogP contribution in [0.5, 0.6) is 0 Å². The lowest BCUT2D eigenvalue weighted by Crippen LogP contribution is -1.95. The number of aryl methyl sites for hydroxylation is 2. The van der Waals surface area contributed by atoms with Crippen LogP contribution in [0.25, 0.3) is 11.4 Å². The normalized spacial score (nSPS) is 10.5. The molecule has 1 heterocycles. The second-order valence-corrected chi connectivity index (χ2v) is 4.63. The zero-order valence-electron chi connectivity index (χ0n) is 10.2. The lowest BCUT2D eigenvalue weighted by Gasteiger charge is -2.05. The monoisotopic (exact) mass is 244 g/mol. The number of H-pyrrole nitrogens is 1. The van der Waals surface area contributed by atoms with Gasteiger partial charge in [-0.25, -0.2) is 4.98 Å². The minimum absolute atomic E-state index is 0.655. The number of hydrogen-bond donors (Lipinski definition) is 1. The summed E-state index contributed by atoms with van der Waals surface area (Å²) in [6, 6.07) is 10.2. The van der Waals surface area contributed by atoms with Gasteiger partial charge in [0.25, 0.3) is 0 Å². The van der Waals surface area contributed by atoms with Crippen LogP contribution in [-0.4, -0.2) is 9.97 Å². The molecule has 0 fully saturated rings. The maximum Gasteiger partial charge on any atom is 0.139 e. The average Bonchev–Trinajstić information content (AvgIpc) is 2.29. The Morgan fingerprint density at radius 3 is 2.59 bits per heavy atom. The van der Waals surface area contributed by atoms with Crippen molar-refractivity contribution >= 4 is 12.2 Å². The molecule has 0 aliphatic heterocycles. The molecule has 0 saturated carbocycles. The fourth-order valence-electron chi connectivity index (χ4n) is 1.76. The molecule has 0 unspecified atom stereocenters. The van der Waals surface area contributed by atoms with Crippen LogP contribution in [0.4, 0.5) is 0 Å². The van der Waals surface area contributed by atoms with Gasteiger partial charge in [-0.1, -0.05) is 55.4 Å². The summed E-state index contributed by atoms with van der Waals surface area (Å²) in [5.74, 6) is 0.862. The van der Waals surface area contributed by atoms with Gasteiger partial charge < -0.3 is 4.98 Å². The molecule has 2 aromatic rings. The highest BCUT2D eigenvalue weighted by Crippen LogP contribution is 2.16. The molecule has 17 heavy (non-hydrogen) atoms. The molecule has 88 valence electrons. The molecule has 2 nitrogen and oxygen atoms in total. The largest absolute Gasteiger partial charge is 0.343 e. The second-order valence-electron chi connectivity index (χ2n) is 4.21. The molecule has 2 rings (SSSR count). The van der Waals surface area contributed by atoms with Gasteiger partial charge in [0, 0.05) is 11.3 Å². The SMILES string of the molecule is CCCc1cc(=S)nc(-c2ccc(C)cc2)[nH]1. The first-order valence-corrected chi connectivity index (χ1v) is 6.27. The predicted molar refractivity (Wildman–Crippen MR) is 73.6 cm³/mol. The van der Waals surface area contributed by atoms with Crippen molar-refractivity contribution in [3.8, 4) is 11.4 Å². The molecule has 0 amide bonds. The van der Waals surface area contributed by atoms with E-state index >= 15 is 0 Å². The maximum absolute atomic E-state index is 5.20. The van der Waals surface area contributed by atoms with Gasteiger partial charge in [-0.2, -0.15) is 0 Å². The molecule has 0 bridgehead atoms. The Balaban J connectivity index is 2.44. The Morgan fingerprint density at radius 2 is 1.94 bits per heavy atom. The molecule has 3 heteroatoms. The van der Waals surface area contributed by atoms with Crippen LogP contribution < -0.4 is 0 Å². The predicted octanol–water partition coefficient (Wildman–Crippen LogP) is 4.07. The van der Waals surface area contributed by atoms with Crippen LogP contribution in [0.15, 0.2) is 30.3 Å². The number of benzene rings is 1. The number of nitrogens with one attached hydrogen (secondary N) is 1. The van der Waals surface area contributed by atoms with E-state index < -0.39 is 0 Å². The van der Waals surface area contributed by atoms with E-state index in [1.807, 2.05) is 6.07 Å². The van der Waals surface area contributed by atoms with Crippen LogP contribution in [0.3, 0.4) is 0 Å². The van der Waals surface area contributed by atoms with E-state index in [4.69, 9.17) is 12.2 Å². The Labute approximate surface area is 107 Å². The summed E-state index contributed by atoms with van der Waals surface area (Å²) < 4.78 is 0.655. The van der Waals surface area contributed by atoms with Crippen LogP contribution in [0.2, 0.25) is 0 Å². The Hall–Kier alpha value is -1.48. The van der Waals surface area contributed by atoms with E-state index in [1.165, 1.54) is 5.56 Å². The molecule has 0 aliphatic carbocycles. The van der Waals surface area contributed by atoms with Crippen molar-refractivity contribution < 1.29 is 0 Å². The van der Waals surface area contributed by atoms with Crippen molar-refractivity contribution in [2.45, 2.75) is 26.7 Å². The Bertz CT molecular complexity index is 555. The van der Waals surface area contributed by atoms with Crippen molar-refractivity contribution in [1.82, 2.24) is 9.97 Å². The van der Waals surface area contributed by atoms with E-state index in [2.05, 4.69) is 48.1 Å². The van der Waals surface area contributed by atoms with Crippen molar-refractivity contribution in [2.75, 3.05) is 0 Å². The molecular weight excluding hydrogens is 228 g/mol. The van der Waals surface area contributed by atoms with Crippen LogP contribution in [-0.2, 0) is 6.42 Å². The van der Waals surface area contributed by atoms with E-state index in [-0.39, 0.29) is 0 Å². The highest BCUT2D eigenvalue weighted by molar-refractivity contribution is 7.71. The summed E-state index contributed by atoms with van der Waals surface area (Å²) in [6.07, 6.45) is 2.10. The summed E-state index contributed by atoms with van der Waals surface area (Å²) in [4.78, 5) is 7.72. The smallest absolute Gasteiger partial charge is 0.139 e. The number of rotatable bonds is 3. The lowest BCUT2D eigenvalue weighted by atomic mass is 10.1. The van der Waals surface area contributed by atoms with E-state index in [1.54, 1.807) is 0 Å². The highest BCUT2D eigenvalue weighted by atomic mass is 32.1. The topological polar surface area (TPSA) is 28.7 Å². The van der Waals surface area contributed by atoms with Gasteiger partial charge in [0.15, 0.2) is 0 Å². The Morgan fingerprint density at radius 1 is 1.24 bits per heavy atom. The maximum atomic E-state index is 5.20. The fourth-order valence-corrected chi connectivity index (χ4v) is 1.99. The minimum atomic E-state index is 0.655. The molecular formula is C14H16N2S. The van der Waals surface area contributed by atoms with E-state index in [9.17, 15) is 0 Å². The number of aromatic amines is 1. The number of nitrogens with zero attached hydrogens (tertiary/aromatic N) is 1. The number of aromatic nitrogens is 2. The van der Waals surface area contributed by atoms with Gasteiger partial charge in [0.05, 0.1) is 0 Å². The molecule has 1 aromatic carbocycles. The van der Waals surface area contributed by atoms with Gasteiger partial charge in [0.2, 0.25) is 0 Å².